The molecule has 2 nitrogen and oxygen atoms in total. The van der Waals surface area contributed by atoms with E-state index in [9.17, 15) is 4.55 Å². The van der Waals surface area contributed by atoms with E-state index in [1.165, 1.54) is 19.3 Å². The van der Waals surface area contributed by atoms with Gasteiger partial charge in [0, 0.05) is 11.4 Å². The fourth-order valence-corrected chi connectivity index (χ4v) is 3.66. The summed E-state index contributed by atoms with van der Waals surface area (Å²) in [6, 6.07) is 0. The van der Waals surface area contributed by atoms with Crippen LogP contribution in [0.25, 0.3) is 0 Å². The zero-order valence-corrected chi connectivity index (χ0v) is 13.2. The molecule has 0 aliphatic heterocycles. The second-order valence-electron chi connectivity index (χ2n) is 7.38. The lowest BCUT2D eigenvalue weighted by Gasteiger charge is -2.48. The molecule has 1 atom stereocenters. The van der Waals surface area contributed by atoms with E-state index in [1.54, 1.807) is 0 Å². The van der Waals surface area contributed by atoms with Crippen LogP contribution >= 0.6 is 0 Å². The van der Waals surface area contributed by atoms with Crippen molar-refractivity contribution in [2.75, 3.05) is 0 Å². The van der Waals surface area contributed by atoms with Gasteiger partial charge in [-0.3, -0.25) is 0 Å². The smallest absolute Gasteiger partial charge is 0.136 e. The average molecular weight is 259 g/mol. The monoisotopic (exact) mass is 259 g/mol. The topological polar surface area (TPSA) is 35.1 Å². The molecule has 0 bridgehead atoms. The predicted octanol–water partition coefficient (Wildman–Crippen LogP) is 3.79. The lowest BCUT2D eigenvalue weighted by atomic mass is 9.66. The molecule has 1 saturated carbocycles. The minimum Gasteiger partial charge on any atom is -0.598 e. The van der Waals surface area contributed by atoms with Crippen LogP contribution < -0.4 is 4.72 Å². The maximum absolute atomic E-state index is 12.4. The summed E-state index contributed by atoms with van der Waals surface area (Å²) in [6.07, 6.45) is 6.13. The van der Waals surface area contributed by atoms with Crippen molar-refractivity contribution >= 4 is 11.4 Å². The summed E-state index contributed by atoms with van der Waals surface area (Å²) in [5.41, 5.74) is 0.206. The van der Waals surface area contributed by atoms with Crippen molar-refractivity contribution in [3.8, 4) is 0 Å². The molecule has 0 spiro atoms. The molecule has 1 N–H and O–H groups in total. The average Bonchev–Trinajstić information content (AvgIpc) is 2.16. The SMILES string of the molecule is CC(C)(C)[S+]([O-])NC1(C(C)(C)C)CCCCC1. The van der Waals surface area contributed by atoms with Crippen molar-refractivity contribution in [3.63, 3.8) is 0 Å². The Morgan fingerprint density at radius 1 is 0.941 bits per heavy atom. The summed E-state index contributed by atoms with van der Waals surface area (Å²) in [6.45, 7) is 12.9. The molecule has 0 radical (unpaired) electrons. The summed E-state index contributed by atoms with van der Waals surface area (Å²) >= 11 is -0.971. The third-order valence-corrected chi connectivity index (χ3v) is 5.68. The van der Waals surface area contributed by atoms with Crippen LogP contribution in [0.3, 0.4) is 0 Å². The Morgan fingerprint density at radius 2 is 1.41 bits per heavy atom. The van der Waals surface area contributed by atoms with Crippen molar-refractivity contribution < 1.29 is 4.55 Å². The second-order valence-corrected chi connectivity index (χ2v) is 9.34. The third kappa shape index (κ3) is 3.62. The fraction of sp³-hybridized carbons (Fsp3) is 1.00. The first-order valence-corrected chi connectivity index (χ1v) is 7.93. The lowest BCUT2D eigenvalue weighted by Crippen LogP contribution is -2.60. The molecule has 3 heteroatoms. The molecule has 1 fully saturated rings. The standard InChI is InChI=1S/C14H29NOS/c1-12(2,3)14(10-8-7-9-11-14)15-17(16)13(4,5)6/h15H,7-11H2,1-6H3. The largest absolute Gasteiger partial charge is 0.598 e. The minimum absolute atomic E-state index is 0.0450. The Bertz CT molecular complexity index is 246. The van der Waals surface area contributed by atoms with Crippen LogP contribution in [-0.4, -0.2) is 14.8 Å². The minimum atomic E-state index is -0.971. The molecule has 0 aromatic carbocycles. The number of nitrogens with one attached hydrogen (secondary N) is 1. The quantitative estimate of drug-likeness (QED) is 0.766. The number of hydrogen-bond donors (Lipinski definition) is 1. The van der Waals surface area contributed by atoms with Crippen molar-refractivity contribution in [2.45, 2.75) is 83.9 Å². The van der Waals surface area contributed by atoms with Crippen LogP contribution in [0, 0.1) is 5.41 Å². The number of hydrogen-bond acceptors (Lipinski definition) is 2. The van der Waals surface area contributed by atoms with Gasteiger partial charge in [0.05, 0.1) is 5.54 Å². The summed E-state index contributed by atoms with van der Waals surface area (Å²) in [7, 11) is 0. The molecule has 1 aliphatic rings. The normalized spacial score (nSPS) is 23.5. The zero-order valence-electron chi connectivity index (χ0n) is 12.4. The van der Waals surface area contributed by atoms with Crippen LogP contribution in [0.5, 0.6) is 0 Å². The van der Waals surface area contributed by atoms with Crippen LogP contribution in [0.2, 0.25) is 0 Å². The number of rotatable bonds is 2. The van der Waals surface area contributed by atoms with Crippen LogP contribution in [0.4, 0.5) is 0 Å². The van der Waals surface area contributed by atoms with Crippen LogP contribution in [0.15, 0.2) is 0 Å². The maximum atomic E-state index is 12.4. The predicted molar refractivity (Wildman–Crippen MR) is 76.3 cm³/mol. The Kier molecular flexibility index (Phi) is 4.60. The molecule has 0 aromatic heterocycles. The van der Waals surface area contributed by atoms with Gasteiger partial charge in [0.1, 0.15) is 4.75 Å². The highest BCUT2D eigenvalue weighted by Gasteiger charge is 2.47. The van der Waals surface area contributed by atoms with Gasteiger partial charge in [-0.15, -0.1) is 4.72 Å². The highest BCUT2D eigenvalue weighted by atomic mass is 32.2. The molecule has 1 aliphatic carbocycles. The van der Waals surface area contributed by atoms with Gasteiger partial charge in [0.25, 0.3) is 0 Å². The van der Waals surface area contributed by atoms with Gasteiger partial charge in [-0.05, 0) is 39.0 Å². The maximum Gasteiger partial charge on any atom is 0.136 e. The van der Waals surface area contributed by atoms with Gasteiger partial charge >= 0.3 is 0 Å². The molecule has 0 saturated heterocycles. The lowest BCUT2D eigenvalue weighted by molar-refractivity contribution is 0.113. The molecular weight excluding hydrogens is 230 g/mol. The van der Waals surface area contributed by atoms with Crippen LogP contribution in [0.1, 0.15) is 73.6 Å². The molecule has 17 heavy (non-hydrogen) atoms. The first-order valence-electron chi connectivity index (χ1n) is 6.78. The first kappa shape index (κ1) is 15.3. The highest BCUT2D eigenvalue weighted by molar-refractivity contribution is 7.90. The van der Waals surface area contributed by atoms with Gasteiger partial charge in [0.15, 0.2) is 0 Å². The Labute approximate surface area is 110 Å². The van der Waals surface area contributed by atoms with Crippen molar-refractivity contribution in [2.24, 2.45) is 5.41 Å². The Balaban J connectivity index is 2.85. The Hall–Kier alpha value is 0.270. The second kappa shape index (κ2) is 5.10. The fourth-order valence-electron chi connectivity index (χ4n) is 2.49. The van der Waals surface area contributed by atoms with Crippen LogP contribution in [-0.2, 0) is 11.4 Å². The van der Waals surface area contributed by atoms with Gasteiger partial charge < -0.3 is 4.55 Å². The van der Waals surface area contributed by atoms with E-state index in [-0.39, 0.29) is 15.7 Å². The molecule has 1 unspecified atom stereocenters. The molecule has 0 aromatic rings. The van der Waals surface area contributed by atoms with Gasteiger partial charge in [-0.25, -0.2) is 0 Å². The molecule has 1 rings (SSSR count). The molecule has 0 amide bonds. The van der Waals surface area contributed by atoms with E-state index < -0.39 is 11.4 Å². The molecule has 0 heterocycles. The summed E-state index contributed by atoms with van der Waals surface area (Å²) < 4.78 is 15.7. The first-order chi connectivity index (χ1) is 7.58. The van der Waals surface area contributed by atoms with E-state index in [1.807, 2.05) is 20.8 Å². The van der Waals surface area contributed by atoms with Crippen molar-refractivity contribution in [1.82, 2.24) is 4.72 Å². The van der Waals surface area contributed by atoms with E-state index in [2.05, 4.69) is 25.5 Å². The molecular formula is C14H29NOS. The van der Waals surface area contributed by atoms with Gasteiger partial charge in [-0.2, -0.15) is 0 Å². The van der Waals surface area contributed by atoms with E-state index in [0.29, 0.717) is 0 Å². The van der Waals surface area contributed by atoms with Crippen molar-refractivity contribution in [3.05, 3.63) is 0 Å². The summed E-state index contributed by atoms with van der Waals surface area (Å²) in [4.78, 5) is 0. The Morgan fingerprint density at radius 3 is 1.76 bits per heavy atom. The van der Waals surface area contributed by atoms with E-state index >= 15 is 0 Å². The van der Waals surface area contributed by atoms with E-state index in [4.69, 9.17) is 0 Å². The third-order valence-electron chi connectivity index (χ3n) is 3.99. The van der Waals surface area contributed by atoms with Gasteiger partial charge in [-0.1, -0.05) is 40.0 Å². The highest BCUT2D eigenvalue weighted by Crippen LogP contribution is 2.43. The summed E-state index contributed by atoms with van der Waals surface area (Å²) in [5, 5.41) is 0. The molecule has 102 valence electrons. The van der Waals surface area contributed by atoms with E-state index in [0.717, 1.165) is 12.8 Å². The summed E-state index contributed by atoms with van der Waals surface area (Å²) in [5.74, 6) is 0. The van der Waals surface area contributed by atoms with Crippen molar-refractivity contribution in [1.29, 1.82) is 0 Å². The zero-order chi connectivity index (χ0) is 13.3. The van der Waals surface area contributed by atoms with Gasteiger partial charge in [0.2, 0.25) is 0 Å².